The first-order valence-electron chi connectivity index (χ1n) is 7.42. The van der Waals surface area contributed by atoms with E-state index in [9.17, 15) is 4.39 Å². The minimum Gasteiger partial charge on any atom is -0.379 e. The van der Waals surface area contributed by atoms with Crippen molar-refractivity contribution in [1.82, 2.24) is 9.78 Å². The normalized spacial score (nSPS) is 19.1. The summed E-state index contributed by atoms with van der Waals surface area (Å²) in [6.45, 7) is 4.62. The van der Waals surface area contributed by atoms with Crippen molar-refractivity contribution in [3.8, 4) is 0 Å². The second-order valence-electron chi connectivity index (χ2n) is 5.81. The van der Waals surface area contributed by atoms with Crippen molar-refractivity contribution >= 4 is 44.1 Å². The van der Waals surface area contributed by atoms with Gasteiger partial charge in [0.25, 0.3) is 0 Å². The van der Waals surface area contributed by atoms with E-state index in [0.717, 1.165) is 31.3 Å². The topological polar surface area (TPSA) is 39.1 Å². The molecule has 1 fully saturated rings. The molecule has 1 aliphatic rings. The van der Waals surface area contributed by atoms with Crippen LogP contribution in [0.5, 0.6) is 0 Å². The first kappa shape index (κ1) is 16.0. The van der Waals surface area contributed by atoms with Crippen LogP contribution in [0.15, 0.2) is 10.7 Å². The summed E-state index contributed by atoms with van der Waals surface area (Å²) in [5.74, 6) is -0.482. The summed E-state index contributed by atoms with van der Waals surface area (Å²) in [5.41, 5.74) is 0.907. The maximum atomic E-state index is 14.5. The monoisotopic (exact) mass is 389 g/mol. The zero-order valence-corrected chi connectivity index (χ0v) is 14.8. The Morgan fingerprint density at radius 1 is 1.50 bits per heavy atom. The van der Waals surface area contributed by atoms with Crippen LogP contribution in [-0.4, -0.2) is 22.4 Å². The molecule has 1 saturated heterocycles. The predicted octanol–water partition coefficient (Wildman–Crippen LogP) is 5.11. The van der Waals surface area contributed by atoms with E-state index >= 15 is 0 Å². The Morgan fingerprint density at radius 2 is 2.27 bits per heavy atom. The fourth-order valence-electron chi connectivity index (χ4n) is 2.67. The van der Waals surface area contributed by atoms with E-state index in [-0.39, 0.29) is 17.3 Å². The molecule has 7 heteroatoms. The van der Waals surface area contributed by atoms with Gasteiger partial charge in [0, 0.05) is 24.2 Å². The number of benzene rings is 1. The molecule has 0 bridgehead atoms. The summed E-state index contributed by atoms with van der Waals surface area (Å²) in [7, 11) is 0. The van der Waals surface area contributed by atoms with E-state index in [4.69, 9.17) is 16.3 Å². The number of halogens is 3. The summed E-state index contributed by atoms with van der Waals surface area (Å²) in [4.78, 5) is 0. The first-order chi connectivity index (χ1) is 10.5. The third-order valence-corrected chi connectivity index (χ3v) is 5.10. The van der Waals surface area contributed by atoms with Crippen LogP contribution in [-0.2, 0) is 4.74 Å². The van der Waals surface area contributed by atoms with Gasteiger partial charge in [0.05, 0.1) is 9.50 Å². The van der Waals surface area contributed by atoms with E-state index in [1.165, 1.54) is 0 Å². The number of rotatable bonds is 3. The molecule has 0 amide bonds. The second kappa shape index (κ2) is 6.34. The van der Waals surface area contributed by atoms with Crippen molar-refractivity contribution in [2.24, 2.45) is 0 Å². The van der Waals surface area contributed by atoms with Gasteiger partial charge in [-0.25, -0.2) is 9.07 Å². The van der Waals surface area contributed by atoms with Crippen LogP contribution in [0.4, 0.5) is 10.1 Å². The SMILES string of the molecule is CC(C)Nc1c(F)c(Cl)c(Br)c2cn(C3CCCCO3)nc12. The van der Waals surface area contributed by atoms with E-state index in [2.05, 4.69) is 26.3 Å². The van der Waals surface area contributed by atoms with Crippen molar-refractivity contribution in [1.29, 1.82) is 0 Å². The van der Waals surface area contributed by atoms with Gasteiger partial charge >= 0.3 is 0 Å². The Hall–Kier alpha value is -0.850. The van der Waals surface area contributed by atoms with Crippen LogP contribution in [0, 0.1) is 5.82 Å². The minimum absolute atomic E-state index is 0.0692. The van der Waals surface area contributed by atoms with Gasteiger partial charge in [-0.3, -0.25) is 0 Å². The maximum Gasteiger partial charge on any atom is 0.168 e. The predicted molar refractivity (Wildman–Crippen MR) is 90.0 cm³/mol. The highest BCUT2D eigenvalue weighted by Crippen LogP contribution is 2.40. The lowest BCUT2D eigenvalue weighted by Crippen LogP contribution is -2.18. The Labute approximate surface area is 142 Å². The highest BCUT2D eigenvalue weighted by molar-refractivity contribution is 9.10. The van der Waals surface area contributed by atoms with Gasteiger partial charge in [0.1, 0.15) is 17.4 Å². The largest absolute Gasteiger partial charge is 0.379 e. The molecule has 1 unspecified atom stereocenters. The average Bonchev–Trinajstić information content (AvgIpc) is 2.95. The van der Waals surface area contributed by atoms with E-state index < -0.39 is 5.82 Å². The van der Waals surface area contributed by atoms with E-state index in [1.807, 2.05) is 20.0 Å². The molecular formula is C15H18BrClFN3O. The van der Waals surface area contributed by atoms with Crippen LogP contribution >= 0.6 is 27.5 Å². The van der Waals surface area contributed by atoms with Crippen LogP contribution < -0.4 is 5.32 Å². The molecule has 2 aromatic rings. The number of aromatic nitrogens is 2. The molecule has 3 rings (SSSR count). The van der Waals surface area contributed by atoms with Crippen molar-refractivity contribution in [2.75, 3.05) is 11.9 Å². The van der Waals surface area contributed by atoms with Crippen LogP contribution in [0.3, 0.4) is 0 Å². The zero-order chi connectivity index (χ0) is 15.9. The van der Waals surface area contributed by atoms with Gasteiger partial charge in [-0.15, -0.1) is 0 Å². The zero-order valence-electron chi connectivity index (χ0n) is 12.5. The van der Waals surface area contributed by atoms with Gasteiger partial charge < -0.3 is 10.1 Å². The molecule has 22 heavy (non-hydrogen) atoms. The van der Waals surface area contributed by atoms with Gasteiger partial charge in [-0.1, -0.05) is 11.6 Å². The lowest BCUT2D eigenvalue weighted by atomic mass is 10.2. The number of hydrogen-bond donors (Lipinski definition) is 1. The van der Waals surface area contributed by atoms with Gasteiger partial charge in [0.2, 0.25) is 0 Å². The molecule has 0 spiro atoms. The first-order valence-corrected chi connectivity index (χ1v) is 8.59. The summed E-state index contributed by atoms with van der Waals surface area (Å²) >= 11 is 9.49. The Balaban J connectivity index is 2.14. The lowest BCUT2D eigenvalue weighted by molar-refractivity contribution is -0.0390. The highest BCUT2D eigenvalue weighted by Gasteiger charge is 2.23. The minimum atomic E-state index is -0.482. The van der Waals surface area contributed by atoms with Gasteiger partial charge in [0.15, 0.2) is 5.82 Å². The summed E-state index contributed by atoms with van der Waals surface area (Å²) < 4.78 is 22.6. The van der Waals surface area contributed by atoms with Crippen LogP contribution in [0.25, 0.3) is 10.9 Å². The molecule has 1 aromatic carbocycles. The second-order valence-corrected chi connectivity index (χ2v) is 6.98. The summed E-state index contributed by atoms with van der Waals surface area (Å²) in [6.07, 6.45) is 4.86. The van der Waals surface area contributed by atoms with Crippen molar-refractivity contribution in [3.63, 3.8) is 0 Å². The summed E-state index contributed by atoms with van der Waals surface area (Å²) in [6, 6.07) is 0.0750. The molecule has 0 saturated carbocycles. The number of hydrogen-bond acceptors (Lipinski definition) is 3. The van der Waals surface area contributed by atoms with E-state index in [1.54, 1.807) is 4.68 Å². The van der Waals surface area contributed by atoms with Crippen LogP contribution in [0.2, 0.25) is 5.02 Å². The molecule has 4 nitrogen and oxygen atoms in total. The highest BCUT2D eigenvalue weighted by atomic mass is 79.9. The quantitative estimate of drug-likeness (QED) is 0.740. The maximum absolute atomic E-state index is 14.5. The third-order valence-electron chi connectivity index (χ3n) is 3.69. The molecule has 1 aliphatic heterocycles. The van der Waals surface area contributed by atoms with Crippen molar-refractivity contribution in [2.45, 2.75) is 45.4 Å². The van der Waals surface area contributed by atoms with Crippen molar-refractivity contribution in [3.05, 3.63) is 21.5 Å². The molecule has 1 aromatic heterocycles. The summed E-state index contributed by atoms with van der Waals surface area (Å²) in [5, 5.41) is 8.51. The fraction of sp³-hybridized carbons (Fsp3) is 0.533. The number of fused-ring (bicyclic) bond motifs is 1. The third kappa shape index (κ3) is 2.84. The molecular weight excluding hydrogens is 373 g/mol. The molecule has 2 heterocycles. The standard InChI is InChI=1S/C15H18BrClFN3O/c1-8(2)19-15-13(18)12(17)11(16)9-7-21(20-14(9)15)10-5-3-4-6-22-10/h7-8,10,19H,3-6H2,1-2H3. The molecule has 120 valence electrons. The van der Waals surface area contributed by atoms with Crippen molar-refractivity contribution < 1.29 is 9.13 Å². The Bertz CT molecular complexity index is 698. The molecule has 0 radical (unpaired) electrons. The number of ether oxygens (including phenoxy) is 1. The molecule has 1 atom stereocenters. The fourth-order valence-corrected chi connectivity index (χ4v) is 3.33. The Kier molecular flexibility index (Phi) is 4.61. The average molecular weight is 391 g/mol. The molecule has 1 N–H and O–H groups in total. The lowest BCUT2D eigenvalue weighted by Gasteiger charge is -2.22. The van der Waals surface area contributed by atoms with Gasteiger partial charge in [-0.2, -0.15) is 5.10 Å². The number of nitrogens with one attached hydrogen (secondary N) is 1. The number of anilines is 1. The Morgan fingerprint density at radius 3 is 2.91 bits per heavy atom. The van der Waals surface area contributed by atoms with Crippen LogP contribution in [0.1, 0.15) is 39.3 Å². The van der Waals surface area contributed by atoms with E-state index in [0.29, 0.717) is 15.7 Å². The van der Waals surface area contributed by atoms with Gasteiger partial charge in [-0.05, 0) is 49.0 Å². The molecule has 0 aliphatic carbocycles. The number of nitrogens with zero attached hydrogens (tertiary/aromatic N) is 2. The smallest absolute Gasteiger partial charge is 0.168 e.